The van der Waals surface area contributed by atoms with Crippen molar-refractivity contribution >= 4 is 46.5 Å². The third-order valence-electron chi connectivity index (χ3n) is 5.95. The number of aryl methyl sites for hydroxylation is 1. The van der Waals surface area contributed by atoms with E-state index in [4.69, 9.17) is 16.6 Å². The number of amides is 1. The lowest BCUT2D eigenvalue weighted by molar-refractivity contribution is -0.140. The number of nitrogens with two attached hydrogens (primary N) is 2. The monoisotopic (exact) mass is 494 g/mol. The van der Waals surface area contributed by atoms with Crippen LogP contribution in [0.25, 0.3) is 11.2 Å². The topological polar surface area (TPSA) is 211 Å². The fourth-order valence-electron chi connectivity index (χ4n) is 4.36. The maximum atomic E-state index is 12.8. The van der Waals surface area contributed by atoms with Crippen LogP contribution in [0.2, 0.25) is 0 Å². The molecule has 1 atom stereocenters. The van der Waals surface area contributed by atoms with Gasteiger partial charge in [0.1, 0.15) is 6.04 Å². The molecule has 0 fully saturated rings. The highest BCUT2D eigenvalue weighted by Crippen LogP contribution is 2.34. The zero-order valence-electron chi connectivity index (χ0n) is 19.6. The Labute approximate surface area is 205 Å². The van der Waals surface area contributed by atoms with Crippen molar-refractivity contribution in [1.82, 2.24) is 25.3 Å². The molecule has 2 aromatic heterocycles. The largest absolute Gasteiger partial charge is 0.481 e. The number of rotatable bonds is 9. The number of hydrogen-bond acceptors (Lipinski definition) is 10. The predicted molar refractivity (Wildman–Crippen MR) is 130 cm³/mol. The number of benzene rings is 1. The standard InChI is InChI=1S/C23H26N8O5/c1-11-7-13(21(34)28-15(22(35)36)3-2-4-16(32)33)8-12-5-6-31(18(11)12)10-14-9-26-20-17(27-14)19(24)29-23(25)30-20/h7-9,15H,2-6,10H2,1H3,(H,28,34)(H,32,33)(H,35,36)(H4,24,25,26,29,30). The van der Waals surface area contributed by atoms with Gasteiger partial charge in [0.25, 0.3) is 5.91 Å². The van der Waals surface area contributed by atoms with Crippen molar-refractivity contribution in [2.45, 2.75) is 45.2 Å². The van der Waals surface area contributed by atoms with Crippen LogP contribution in [0.1, 0.15) is 46.4 Å². The van der Waals surface area contributed by atoms with Crippen molar-refractivity contribution in [3.8, 4) is 0 Å². The van der Waals surface area contributed by atoms with Gasteiger partial charge >= 0.3 is 11.9 Å². The van der Waals surface area contributed by atoms with E-state index in [9.17, 15) is 19.5 Å². The van der Waals surface area contributed by atoms with Crippen LogP contribution in [0.4, 0.5) is 17.5 Å². The van der Waals surface area contributed by atoms with Crippen LogP contribution >= 0.6 is 0 Å². The average molecular weight is 495 g/mol. The molecule has 0 bridgehead atoms. The Kier molecular flexibility index (Phi) is 6.81. The van der Waals surface area contributed by atoms with Gasteiger partial charge in [-0.15, -0.1) is 0 Å². The summed E-state index contributed by atoms with van der Waals surface area (Å²) in [6.07, 6.45) is 2.32. The minimum Gasteiger partial charge on any atom is -0.481 e. The third kappa shape index (κ3) is 5.24. The summed E-state index contributed by atoms with van der Waals surface area (Å²) in [4.78, 5) is 54.0. The molecule has 0 saturated carbocycles. The third-order valence-corrected chi connectivity index (χ3v) is 5.95. The molecule has 1 aliphatic heterocycles. The van der Waals surface area contributed by atoms with E-state index in [1.54, 1.807) is 18.3 Å². The van der Waals surface area contributed by atoms with Crippen molar-refractivity contribution < 1.29 is 24.6 Å². The minimum atomic E-state index is -1.21. The summed E-state index contributed by atoms with van der Waals surface area (Å²) in [5.41, 5.74) is 16.1. The molecular weight excluding hydrogens is 468 g/mol. The average Bonchev–Trinajstić information content (AvgIpc) is 3.21. The van der Waals surface area contributed by atoms with Gasteiger partial charge in [-0.05, 0) is 49.4 Å². The molecule has 1 aliphatic rings. The first kappa shape index (κ1) is 24.6. The smallest absolute Gasteiger partial charge is 0.326 e. The quantitative estimate of drug-likeness (QED) is 0.281. The van der Waals surface area contributed by atoms with Crippen molar-refractivity contribution in [3.05, 3.63) is 40.7 Å². The Morgan fingerprint density at radius 1 is 1.17 bits per heavy atom. The number of carboxylic acids is 2. The van der Waals surface area contributed by atoms with Gasteiger partial charge in [0.2, 0.25) is 5.95 Å². The van der Waals surface area contributed by atoms with Crippen molar-refractivity contribution in [2.24, 2.45) is 0 Å². The van der Waals surface area contributed by atoms with Crippen LogP contribution in [0.15, 0.2) is 18.3 Å². The summed E-state index contributed by atoms with van der Waals surface area (Å²) in [7, 11) is 0. The summed E-state index contributed by atoms with van der Waals surface area (Å²) in [5.74, 6) is -2.55. The second-order valence-electron chi connectivity index (χ2n) is 8.62. The molecule has 1 unspecified atom stereocenters. The van der Waals surface area contributed by atoms with Gasteiger partial charge in [-0.3, -0.25) is 9.59 Å². The Bertz CT molecular complexity index is 1360. The number of carbonyl (C=O) groups excluding carboxylic acids is 1. The van der Waals surface area contributed by atoms with E-state index in [2.05, 4.69) is 30.2 Å². The number of aliphatic carboxylic acids is 2. The van der Waals surface area contributed by atoms with Gasteiger partial charge in [-0.2, -0.15) is 9.97 Å². The number of anilines is 3. The molecule has 3 aromatic rings. The molecule has 0 saturated heterocycles. The van der Waals surface area contributed by atoms with Gasteiger partial charge in [0.15, 0.2) is 17.0 Å². The highest BCUT2D eigenvalue weighted by atomic mass is 16.4. The van der Waals surface area contributed by atoms with Gasteiger partial charge in [-0.25, -0.2) is 14.8 Å². The van der Waals surface area contributed by atoms with Crippen LogP contribution < -0.4 is 21.7 Å². The van der Waals surface area contributed by atoms with E-state index < -0.39 is 23.9 Å². The predicted octanol–water partition coefficient (Wildman–Crippen LogP) is 0.893. The first-order valence-corrected chi connectivity index (χ1v) is 11.3. The molecule has 3 heterocycles. The Balaban J connectivity index is 1.50. The molecule has 0 aliphatic carbocycles. The number of nitrogens with one attached hydrogen (secondary N) is 1. The van der Waals surface area contributed by atoms with Crippen molar-refractivity contribution in [1.29, 1.82) is 0 Å². The van der Waals surface area contributed by atoms with Gasteiger partial charge in [0.05, 0.1) is 18.4 Å². The summed E-state index contributed by atoms with van der Waals surface area (Å²) >= 11 is 0. The van der Waals surface area contributed by atoms with Crippen LogP contribution in [0.3, 0.4) is 0 Å². The Morgan fingerprint density at radius 2 is 1.94 bits per heavy atom. The van der Waals surface area contributed by atoms with E-state index in [0.29, 0.717) is 41.9 Å². The molecule has 1 amide bonds. The minimum absolute atomic E-state index is 0.0278. The number of fused-ring (bicyclic) bond motifs is 2. The summed E-state index contributed by atoms with van der Waals surface area (Å²) in [5, 5.41) is 20.7. The first-order valence-electron chi connectivity index (χ1n) is 11.3. The number of hydrogen-bond donors (Lipinski definition) is 5. The van der Waals surface area contributed by atoms with Gasteiger partial charge in [-0.1, -0.05) is 0 Å². The highest BCUT2D eigenvalue weighted by molar-refractivity contribution is 5.97. The zero-order valence-corrected chi connectivity index (χ0v) is 19.6. The lowest BCUT2D eigenvalue weighted by atomic mass is 10.0. The van der Waals surface area contributed by atoms with E-state index in [1.807, 2.05) is 6.92 Å². The second-order valence-corrected chi connectivity index (χ2v) is 8.62. The summed E-state index contributed by atoms with van der Waals surface area (Å²) in [6, 6.07) is 2.30. The number of carbonyl (C=O) groups is 3. The molecule has 0 radical (unpaired) electrons. The van der Waals surface area contributed by atoms with E-state index in [1.165, 1.54) is 0 Å². The van der Waals surface area contributed by atoms with Crippen molar-refractivity contribution in [2.75, 3.05) is 22.9 Å². The number of carboxylic acid groups (broad SMARTS) is 2. The molecule has 36 heavy (non-hydrogen) atoms. The lowest BCUT2D eigenvalue weighted by Gasteiger charge is -2.21. The van der Waals surface area contributed by atoms with Gasteiger partial charge in [0, 0.05) is 24.2 Å². The molecule has 13 heteroatoms. The van der Waals surface area contributed by atoms with Crippen molar-refractivity contribution in [3.63, 3.8) is 0 Å². The number of aromatic nitrogens is 4. The normalized spacial score (nSPS) is 13.4. The second kappa shape index (κ2) is 9.98. The molecule has 7 N–H and O–H groups in total. The Hall–Kier alpha value is -4.55. The van der Waals surface area contributed by atoms with Crippen LogP contribution in [0, 0.1) is 6.92 Å². The maximum Gasteiger partial charge on any atom is 0.326 e. The van der Waals surface area contributed by atoms with E-state index in [-0.39, 0.29) is 31.0 Å². The SMILES string of the molecule is Cc1cc(C(=O)NC(CCCC(=O)O)C(=O)O)cc2c1N(Cc1cnc3nc(N)nc(N)c3n1)CC2. The molecular formula is C23H26N8O5. The summed E-state index contributed by atoms with van der Waals surface area (Å²) in [6.45, 7) is 3.04. The lowest BCUT2D eigenvalue weighted by Crippen LogP contribution is -2.40. The zero-order chi connectivity index (χ0) is 26.0. The van der Waals surface area contributed by atoms with Gasteiger partial charge < -0.3 is 31.9 Å². The van der Waals surface area contributed by atoms with E-state index in [0.717, 1.165) is 16.8 Å². The molecule has 4 rings (SSSR count). The molecule has 188 valence electrons. The van der Waals surface area contributed by atoms with Crippen LogP contribution in [-0.4, -0.2) is 60.6 Å². The number of nitrogen functional groups attached to an aromatic ring is 2. The van der Waals surface area contributed by atoms with Crippen LogP contribution in [0.5, 0.6) is 0 Å². The fourth-order valence-corrected chi connectivity index (χ4v) is 4.36. The van der Waals surface area contributed by atoms with Crippen LogP contribution in [-0.2, 0) is 22.6 Å². The number of nitrogens with zero attached hydrogens (tertiary/aromatic N) is 5. The van der Waals surface area contributed by atoms with E-state index >= 15 is 0 Å². The Morgan fingerprint density at radius 3 is 2.67 bits per heavy atom. The molecule has 0 spiro atoms. The highest BCUT2D eigenvalue weighted by Gasteiger charge is 2.26. The first-order chi connectivity index (χ1) is 17.1. The fraction of sp³-hybridized carbons (Fsp3) is 0.348. The molecule has 1 aromatic carbocycles. The summed E-state index contributed by atoms with van der Waals surface area (Å²) < 4.78 is 0. The molecule has 13 nitrogen and oxygen atoms in total. The maximum absolute atomic E-state index is 12.8.